The van der Waals surface area contributed by atoms with Gasteiger partial charge in [0.2, 0.25) is 0 Å². The molecule has 0 saturated carbocycles. The van der Waals surface area contributed by atoms with E-state index in [0.29, 0.717) is 23.1 Å². The summed E-state index contributed by atoms with van der Waals surface area (Å²) in [6.45, 7) is 4.07. The summed E-state index contributed by atoms with van der Waals surface area (Å²) < 4.78 is 7.20. The number of carbonyl (C=O) groups is 1. The summed E-state index contributed by atoms with van der Waals surface area (Å²) in [6, 6.07) is 16.6. The molecule has 140 valence electrons. The molecule has 0 bridgehead atoms. The molecule has 0 aliphatic rings. The first-order valence-electron chi connectivity index (χ1n) is 8.82. The molecule has 0 aliphatic carbocycles. The molecule has 3 aromatic heterocycles. The van der Waals surface area contributed by atoms with Crippen molar-refractivity contribution in [3.05, 3.63) is 66.6 Å². The monoisotopic (exact) mass is 374 g/mol. The number of hydrogen-bond acceptors (Lipinski definition) is 6. The van der Waals surface area contributed by atoms with Gasteiger partial charge in [0.15, 0.2) is 17.3 Å². The third-order valence-corrected chi connectivity index (χ3v) is 4.15. The predicted molar refractivity (Wildman–Crippen MR) is 104 cm³/mol. The van der Waals surface area contributed by atoms with Gasteiger partial charge >= 0.3 is 0 Å². The van der Waals surface area contributed by atoms with Crippen LogP contribution in [0.5, 0.6) is 0 Å². The second-order valence-electron chi connectivity index (χ2n) is 6.46. The van der Waals surface area contributed by atoms with Crippen molar-refractivity contribution in [1.82, 2.24) is 24.9 Å². The molecule has 0 spiro atoms. The van der Waals surface area contributed by atoms with Crippen molar-refractivity contribution in [1.29, 1.82) is 0 Å². The SMILES string of the molecule is CC(C)n1cnnc1-c1cccc(NC(=O)c2cc(-c3ccccc3)on2)n1. The molecule has 0 saturated heterocycles. The zero-order valence-corrected chi connectivity index (χ0v) is 15.4. The van der Waals surface area contributed by atoms with Gasteiger partial charge in [-0.25, -0.2) is 4.98 Å². The highest BCUT2D eigenvalue weighted by molar-refractivity contribution is 6.02. The molecule has 0 aliphatic heterocycles. The minimum atomic E-state index is -0.402. The van der Waals surface area contributed by atoms with Crippen LogP contribution in [0.4, 0.5) is 5.82 Å². The minimum Gasteiger partial charge on any atom is -0.355 e. The summed E-state index contributed by atoms with van der Waals surface area (Å²) in [4.78, 5) is 17.0. The van der Waals surface area contributed by atoms with Crippen molar-refractivity contribution in [2.24, 2.45) is 0 Å². The summed E-state index contributed by atoms with van der Waals surface area (Å²) in [7, 11) is 0. The lowest BCUT2D eigenvalue weighted by Crippen LogP contribution is -2.13. The Morgan fingerprint density at radius 3 is 2.71 bits per heavy atom. The molecule has 1 N–H and O–H groups in total. The van der Waals surface area contributed by atoms with Crippen molar-refractivity contribution in [3.63, 3.8) is 0 Å². The van der Waals surface area contributed by atoms with Gasteiger partial charge in [-0.2, -0.15) is 0 Å². The second kappa shape index (κ2) is 7.43. The lowest BCUT2D eigenvalue weighted by Gasteiger charge is -2.10. The van der Waals surface area contributed by atoms with Crippen LogP contribution in [-0.4, -0.2) is 30.8 Å². The quantitative estimate of drug-likeness (QED) is 0.570. The van der Waals surface area contributed by atoms with Gasteiger partial charge in [0.1, 0.15) is 17.8 Å². The predicted octanol–water partition coefficient (Wildman–Crippen LogP) is 3.83. The van der Waals surface area contributed by atoms with Gasteiger partial charge < -0.3 is 14.4 Å². The smallest absolute Gasteiger partial charge is 0.279 e. The summed E-state index contributed by atoms with van der Waals surface area (Å²) in [5, 5.41) is 14.7. The Labute approximate surface area is 161 Å². The molecule has 0 atom stereocenters. The standard InChI is InChI=1S/C20H18N6O2/c1-13(2)26-12-21-24-19(26)15-9-6-10-18(22-15)23-20(27)16-11-17(28-25-16)14-7-4-3-5-8-14/h3-13H,1-2H3,(H,22,23,27). The topological polar surface area (TPSA) is 98.7 Å². The van der Waals surface area contributed by atoms with E-state index in [1.165, 1.54) is 0 Å². The number of nitrogens with zero attached hydrogens (tertiary/aromatic N) is 5. The van der Waals surface area contributed by atoms with Crippen LogP contribution in [0.15, 0.2) is 65.4 Å². The molecule has 4 aromatic rings. The lowest BCUT2D eigenvalue weighted by atomic mass is 10.1. The first-order valence-corrected chi connectivity index (χ1v) is 8.82. The van der Waals surface area contributed by atoms with E-state index in [0.717, 1.165) is 5.56 Å². The minimum absolute atomic E-state index is 0.177. The summed E-state index contributed by atoms with van der Waals surface area (Å²) in [5.41, 5.74) is 1.65. The number of pyridine rings is 1. The maximum absolute atomic E-state index is 12.5. The van der Waals surface area contributed by atoms with Crippen molar-refractivity contribution in [2.75, 3.05) is 5.32 Å². The molecular formula is C20H18N6O2. The number of rotatable bonds is 5. The van der Waals surface area contributed by atoms with Crippen molar-refractivity contribution in [3.8, 4) is 22.8 Å². The second-order valence-corrected chi connectivity index (χ2v) is 6.46. The van der Waals surface area contributed by atoms with Crippen LogP contribution in [0.25, 0.3) is 22.8 Å². The van der Waals surface area contributed by atoms with Crippen LogP contribution in [0.1, 0.15) is 30.4 Å². The molecule has 0 radical (unpaired) electrons. The zero-order chi connectivity index (χ0) is 19.5. The first-order chi connectivity index (χ1) is 13.6. The van der Waals surface area contributed by atoms with E-state index in [1.807, 2.05) is 54.8 Å². The van der Waals surface area contributed by atoms with Gasteiger partial charge in [0.25, 0.3) is 5.91 Å². The van der Waals surface area contributed by atoms with E-state index in [4.69, 9.17) is 4.52 Å². The first kappa shape index (κ1) is 17.6. The molecule has 1 aromatic carbocycles. The Hall–Kier alpha value is -3.81. The molecule has 0 fully saturated rings. The number of amides is 1. The van der Waals surface area contributed by atoms with E-state index in [2.05, 4.69) is 25.7 Å². The maximum atomic E-state index is 12.5. The zero-order valence-electron chi connectivity index (χ0n) is 15.4. The molecule has 0 unspecified atom stereocenters. The number of anilines is 1. The van der Waals surface area contributed by atoms with Crippen LogP contribution >= 0.6 is 0 Å². The fourth-order valence-corrected chi connectivity index (χ4v) is 2.73. The average Bonchev–Trinajstić information content (AvgIpc) is 3.39. The van der Waals surface area contributed by atoms with Crippen LogP contribution < -0.4 is 5.32 Å². The third-order valence-electron chi connectivity index (χ3n) is 4.15. The number of hydrogen-bond donors (Lipinski definition) is 1. The normalized spacial score (nSPS) is 11.0. The van der Waals surface area contributed by atoms with Gasteiger partial charge in [0.05, 0.1) is 0 Å². The Morgan fingerprint density at radius 1 is 1.11 bits per heavy atom. The molecule has 8 nitrogen and oxygen atoms in total. The van der Waals surface area contributed by atoms with E-state index in [-0.39, 0.29) is 11.7 Å². The Kier molecular flexibility index (Phi) is 4.67. The number of nitrogens with one attached hydrogen (secondary N) is 1. The highest BCUT2D eigenvalue weighted by Gasteiger charge is 2.16. The summed E-state index contributed by atoms with van der Waals surface area (Å²) in [5.74, 6) is 1.15. The molecule has 28 heavy (non-hydrogen) atoms. The van der Waals surface area contributed by atoms with Gasteiger partial charge in [-0.15, -0.1) is 10.2 Å². The molecule has 4 rings (SSSR count). The molecule has 8 heteroatoms. The van der Waals surface area contributed by atoms with Crippen molar-refractivity contribution < 1.29 is 9.32 Å². The fraction of sp³-hybridized carbons (Fsp3) is 0.150. The molecule has 1 amide bonds. The number of aromatic nitrogens is 5. The van der Waals surface area contributed by atoms with E-state index < -0.39 is 5.91 Å². The van der Waals surface area contributed by atoms with Gasteiger partial charge in [-0.1, -0.05) is 41.6 Å². The van der Waals surface area contributed by atoms with Crippen LogP contribution in [0.3, 0.4) is 0 Å². The lowest BCUT2D eigenvalue weighted by molar-refractivity contribution is 0.101. The average molecular weight is 374 g/mol. The van der Waals surface area contributed by atoms with Gasteiger partial charge in [-0.3, -0.25) is 4.79 Å². The van der Waals surface area contributed by atoms with Gasteiger partial charge in [0, 0.05) is 17.7 Å². The maximum Gasteiger partial charge on any atom is 0.279 e. The van der Waals surface area contributed by atoms with Crippen molar-refractivity contribution in [2.45, 2.75) is 19.9 Å². The van der Waals surface area contributed by atoms with Gasteiger partial charge in [-0.05, 0) is 26.0 Å². The van der Waals surface area contributed by atoms with E-state index in [1.54, 1.807) is 24.5 Å². The highest BCUT2D eigenvalue weighted by atomic mass is 16.5. The number of carbonyl (C=O) groups excluding carboxylic acids is 1. The van der Waals surface area contributed by atoms with Crippen LogP contribution in [0, 0.1) is 0 Å². The Morgan fingerprint density at radius 2 is 1.93 bits per heavy atom. The Balaban J connectivity index is 1.54. The van der Waals surface area contributed by atoms with E-state index >= 15 is 0 Å². The Bertz CT molecular complexity index is 1100. The molecular weight excluding hydrogens is 356 g/mol. The number of benzene rings is 1. The highest BCUT2D eigenvalue weighted by Crippen LogP contribution is 2.22. The van der Waals surface area contributed by atoms with Crippen LogP contribution in [-0.2, 0) is 0 Å². The van der Waals surface area contributed by atoms with E-state index in [9.17, 15) is 4.79 Å². The molecule has 3 heterocycles. The fourth-order valence-electron chi connectivity index (χ4n) is 2.73. The van der Waals surface area contributed by atoms with Crippen LogP contribution in [0.2, 0.25) is 0 Å². The summed E-state index contributed by atoms with van der Waals surface area (Å²) in [6.07, 6.45) is 1.66. The van der Waals surface area contributed by atoms with Crippen molar-refractivity contribution >= 4 is 11.7 Å². The summed E-state index contributed by atoms with van der Waals surface area (Å²) >= 11 is 0. The third kappa shape index (κ3) is 3.52. The largest absolute Gasteiger partial charge is 0.355 e.